The molecule has 0 unspecified atom stereocenters. The molecule has 0 saturated carbocycles. The van der Waals surface area contributed by atoms with E-state index in [1.165, 1.54) is 25.9 Å². The van der Waals surface area contributed by atoms with E-state index in [0.717, 1.165) is 6.54 Å². The molecule has 2 heterocycles. The summed E-state index contributed by atoms with van der Waals surface area (Å²) in [6.07, 6.45) is 4.18. The first-order valence-electron chi connectivity index (χ1n) is 5.60. The van der Waals surface area contributed by atoms with Crippen molar-refractivity contribution in [2.45, 2.75) is 12.8 Å². The van der Waals surface area contributed by atoms with Crippen LogP contribution in [-0.2, 0) is 0 Å². The largest absolute Gasteiger partial charge is 0.489 e. The van der Waals surface area contributed by atoms with Crippen molar-refractivity contribution in [1.82, 2.24) is 9.88 Å². The van der Waals surface area contributed by atoms with Crippen LogP contribution in [0.4, 0.5) is 0 Å². The third kappa shape index (κ3) is 2.71. The van der Waals surface area contributed by atoms with Crippen LogP contribution < -0.4 is 4.74 Å². The minimum Gasteiger partial charge on any atom is -0.489 e. The predicted octanol–water partition coefficient (Wildman–Crippen LogP) is 1.43. The van der Waals surface area contributed by atoms with Gasteiger partial charge in [0.25, 0.3) is 0 Å². The normalized spacial score (nSPS) is 15.9. The molecule has 16 heavy (non-hydrogen) atoms. The zero-order chi connectivity index (χ0) is 11.2. The molecule has 0 aliphatic carbocycles. The molecule has 4 nitrogen and oxygen atoms in total. The number of nitriles is 1. The van der Waals surface area contributed by atoms with Gasteiger partial charge in [-0.2, -0.15) is 5.26 Å². The van der Waals surface area contributed by atoms with Crippen LogP contribution in [-0.4, -0.2) is 36.1 Å². The van der Waals surface area contributed by atoms with Crippen molar-refractivity contribution in [3.05, 3.63) is 24.0 Å². The van der Waals surface area contributed by atoms with Gasteiger partial charge in [-0.25, -0.2) is 4.98 Å². The smallest absolute Gasteiger partial charge is 0.182 e. The predicted molar refractivity (Wildman–Crippen MR) is 60.1 cm³/mol. The minimum atomic E-state index is 0.365. The van der Waals surface area contributed by atoms with E-state index < -0.39 is 0 Å². The van der Waals surface area contributed by atoms with E-state index in [4.69, 9.17) is 10.00 Å². The number of ether oxygens (including phenoxy) is 1. The molecule has 0 spiro atoms. The second-order valence-electron chi connectivity index (χ2n) is 3.86. The molecule has 1 aliphatic rings. The van der Waals surface area contributed by atoms with Gasteiger partial charge in [0.2, 0.25) is 0 Å². The Hall–Kier alpha value is -1.60. The van der Waals surface area contributed by atoms with Crippen LogP contribution >= 0.6 is 0 Å². The Morgan fingerprint density at radius 2 is 2.25 bits per heavy atom. The lowest BCUT2D eigenvalue weighted by atomic mass is 10.3. The minimum absolute atomic E-state index is 0.365. The number of likely N-dealkylation sites (tertiary alicyclic amines) is 1. The lowest BCUT2D eigenvalue weighted by Gasteiger charge is -2.14. The molecule has 1 aromatic rings. The molecule has 0 atom stereocenters. The average Bonchev–Trinajstić information content (AvgIpc) is 2.83. The summed E-state index contributed by atoms with van der Waals surface area (Å²) >= 11 is 0. The average molecular weight is 217 g/mol. The van der Waals surface area contributed by atoms with Crippen molar-refractivity contribution in [3.63, 3.8) is 0 Å². The maximum Gasteiger partial charge on any atom is 0.182 e. The SMILES string of the molecule is N#Cc1ncccc1OCCN1CCCC1. The van der Waals surface area contributed by atoms with E-state index in [-0.39, 0.29) is 0 Å². The molecule has 84 valence electrons. The Balaban J connectivity index is 1.82. The van der Waals surface area contributed by atoms with E-state index in [1.807, 2.05) is 6.07 Å². The van der Waals surface area contributed by atoms with Gasteiger partial charge >= 0.3 is 0 Å². The van der Waals surface area contributed by atoms with Gasteiger partial charge in [0, 0.05) is 12.7 Å². The van der Waals surface area contributed by atoms with E-state index in [9.17, 15) is 0 Å². The summed E-state index contributed by atoms with van der Waals surface area (Å²) in [7, 11) is 0. The summed E-state index contributed by atoms with van der Waals surface area (Å²) in [5.41, 5.74) is 0.365. The quantitative estimate of drug-likeness (QED) is 0.765. The molecule has 1 aliphatic heterocycles. The summed E-state index contributed by atoms with van der Waals surface area (Å²) in [4.78, 5) is 6.33. The summed E-state index contributed by atoms with van der Waals surface area (Å²) in [6.45, 7) is 3.89. The fourth-order valence-electron chi connectivity index (χ4n) is 1.88. The van der Waals surface area contributed by atoms with Crippen molar-refractivity contribution in [2.24, 2.45) is 0 Å². The zero-order valence-corrected chi connectivity index (χ0v) is 9.22. The van der Waals surface area contributed by atoms with Crippen LogP contribution in [0.5, 0.6) is 5.75 Å². The van der Waals surface area contributed by atoms with Crippen molar-refractivity contribution >= 4 is 0 Å². The Bertz CT molecular complexity index is 380. The van der Waals surface area contributed by atoms with Gasteiger partial charge in [0.1, 0.15) is 12.7 Å². The fourth-order valence-corrected chi connectivity index (χ4v) is 1.88. The van der Waals surface area contributed by atoms with Crippen LogP contribution in [0.2, 0.25) is 0 Å². The van der Waals surface area contributed by atoms with E-state index in [1.54, 1.807) is 18.3 Å². The second-order valence-corrected chi connectivity index (χ2v) is 3.86. The molecular weight excluding hydrogens is 202 g/mol. The number of rotatable bonds is 4. The number of hydrogen-bond acceptors (Lipinski definition) is 4. The highest BCUT2D eigenvalue weighted by atomic mass is 16.5. The molecule has 0 amide bonds. The van der Waals surface area contributed by atoms with Crippen molar-refractivity contribution in [3.8, 4) is 11.8 Å². The third-order valence-corrected chi connectivity index (χ3v) is 2.74. The summed E-state index contributed by atoms with van der Waals surface area (Å²) in [5.74, 6) is 0.587. The molecule has 1 fully saturated rings. The molecule has 0 aromatic carbocycles. The molecule has 0 N–H and O–H groups in total. The van der Waals surface area contributed by atoms with Crippen LogP contribution in [0.15, 0.2) is 18.3 Å². The van der Waals surface area contributed by atoms with Gasteiger partial charge in [-0.05, 0) is 38.1 Å². The fraction of sp³-hybridized carbons (Fsp3) is 0.500. The molecule has 0 radical (unpaired) electrons. The highest BCUT2D eigenvalue weighted by Gasteiger charge is 2.11. The summed E-state index contributed by atoms with van der Waals surface area (Å²) < 4.78 is 5.56. The van der Waals surface area contributed by atoms with Crippen molar-refractivity contribution in [2.75, 3.05) is 26.2 Å². The number of nitrogens with zero attached hydrogens (tertiary/aromatic N) is 3. The first-order valence-corrected chi connectivity index (χ1v) is 5.60. The van der Waals surface area contributed by atoms with E-state index in [2.05, 4.69) is 9.88 Å². The van der Waals surface area contributed by atoms with Crippen molar-refractivity contribution < 1.29 is 4.74 Å². The Morgan fingerprint density at radius 3 is 3.00 bits per heavy atom. The van der Waals surface area contributed by atoms with Gasteiger partial charge in [-0.15, -0.1) is 0 Å². The van der Waals surface area contributed by atoms with Gasteiger partial charge in [-0.3, -0.25) is 4.90 Å². The first kappa shape index (κ1) is 10.9. The van der Waals surface area contributed by atoms with Crippen LogP contribution in [0.3, 0.4) is 0 Å². The molecule has 0 bridgehead atoms. The Morgan fingerprint density at radius 1 is 1.44 bits per heavy atom. The molecular formula is C12H15N3O. The van der Waals surface area contributed by atoms with Crippen LogP contribution in [0, 0.1) is 11.3 Å². The molecule has 2 rings (SSSR count). The highest BCUT2D eigenvalue weighted by molar-refractivity contribution is 5.36. The number of pyridine rings is 1. The summed E-state index contributed by atoms with van der Waals surface area (Å²) in [5, 5.41) is 8.83. The Kier molecular flexibility index (Phi) is 3.73. The maximum absolute atomic E-state index is 8.83. The van der Waals surface area contributed by atoms with Crippen LogP contribution in [0.1, 0.15) is 18.5 Å². The zero-order valence-electron chi connectivity index (χ0n) is 9.22. The standard InChI is InChI=1S/C12H15N3O/c13-10-11-12(4-3-5-14-11)16-9-8-15-6-1-2-7-15/h3-5H,1-2,6-9H2. The monoisotopic (exact) mass is 217 g/mol. The summed E-state index contributed by atoms with van der Waals surface area (Å²) in [6, 6.07) is 5.60. The lowest BCUT2D eigenvalue weighted by molar-refractivity contribution is 0.237. The van der Waals surface area contributed by atoms with E-state index >= 15 is 0 Å². The number of aromatic nitrogens is 1. The van der Waals surface area contributed by atoms with Gasteiger partial charge in [-0.1, -0.05) is 0 Å². The molecule has 4 heteroatoms. The topological polar surface area (TPSA) is 49.1 Å². The van der Waals surface area contributed by atoms with Gasteiger partial charge < -0.3 is 4.74 Å². The van der Waals surface area contributed by atoms with Gasteiger partial charge in [0.15, 0.2) is 11.4 Å². The lowest BCUT2D eigenvalue weighted by Crippen LogP contribution is -2.25. The maximum atomic E-state index is 8.83. The van der Waals surface area contributed by atoms with E-state index in [0.29, 0.717) is 18.1 Å². The van der Waals surface area contributed by atoms with Gasteiger partial charge in [0.05, 0.1) is 0 Å². The highest BCUT2D eigenvalue weighted by Crippen LogP contribution is 2.14. The molecule has 1 saturated heterocycles. The Labute approximate surface area is 95.5 Å². The van der Waals surface area contributed by atoms with Crippen LogP contribution in [0.25, 0.3) is 0 Å². The molecule has 1 aromatic heterocycles. The first-order chi connectivity index (χ1) is 7.90. The number of hydrogen-bond donors (Lipinski definition) is 0. The third-order valence-electron chi connectivity index (χ3n) is 2.74. The second kappa shape index (κ2) is 5.47. The van der Waals surface area contributed by atoms with Crippen molar-refractivity contribution in [1.29, 1.82) is 5.26 Å².